The molecule has 1 spiro atoms. The van der Waals surface area contributed by atoms with Crippen molar-refractivity contribution in [2.75, 3.05) is 5.32 Å². The number of fused-ring (bicyclic) bond motifs is 3. The molecule has 0 saturated heterocycles. The Kier molecular flexibility index (Phi) is 4.68. The van der Waals surface area contributed by atoms with Crippen LogP contribution in [-0.4, -0.2) is 6.04 Å². The molecule has 2 heterocycles. The first-order valence-corrected chi connectivity index (χ1v) is 11.7. The van der Waals surface area contributed by atoms with Crippen molar-refractivity contribution in [1.82, 2.24) is 0 Å². The number of benzene rings is 3. The van der Waals surface area contributed by atoms with Gasteiger partial charge in [0.1, 0.15) is 4.08 Å². The summed E-state index contributed by atoms with van der Waals surface area (Å²) in [5.41, 5.74) is 4.16. The Bertz CT molecular complexity index is 958. The first-order valence-electron chi connectivity index (χ1n) is 10.1. The van der Waals surface area contributed by atoms with Gasteiger partial charge in [0.15, 0.2) is 0 Å². The smallest absolute Gasteiger partial charge is 0.106 e. The van der Waals surface area contributed by atoms with E-state index in [-0.39, 0.29) is 4.08 Å². The zero-order valence-electron chi connectivity index (χ0n) is 16.3. The van der Waals surface area contributed by atoms with E-state index in [1.54, 1.807) is 0 Å². The third kappa shape index (κ3) is 2.96. The average molecular weight is 404 g/mol. The highest BCUT2D eigenvalue weighted by molar-refractivity contribution is 8.20. The fourth-order valence-electron chi connectivity index (χ4n) is 4.65. The first-order chi connectivity index (χ1) is 13.7. The maximum absolute atomic E-state index is 3.93. The molecule has 0 aliphatic carbocycles. The van der Waals surface area contributed by atoms with E-state index in [2.05, 4.69) is 122 Å². The molecule has 0 aromatic heterocycles. The van der Waals surface area contributed by atoms with Gasteiger partial charge >= 0.3 is 0 Å². The quantitative estimate of drug-likeness (QED) is 0.490. The Labute approximate surface area is 176 Å². The summed E-state index contributed by atoms with van der Waals surface area (Å²) in [7, 11) is 0. The number of nitrogens with one attached hydrogen (secondary N) is 1. The lowest BCUT2D eigenvalue weighted by molar-refractivity contribution is 0.427. The van der Waals surface area contributed by atoms with Crippen molar-refractivity contribution in [1.29, 1.82) is 0 Å². The maximum Gasteiger partial charge on any atom is 0.106 e. The molecular formula is C25H25NS2. The molecule has 3 heteroatoms. The Morgan fingerprint density at radius 2 is 1.43 bits per heavy atom. The third-order valence-corrected chi connectivity index (χ3v) is 9.05. The number of hydrogen-bond acceptors (Lipinski definition) is 3. The van der Waals surface area contributed by atoms with Crippen molar-refractivity contribution < 1.29 is 0 Å². The lowest BCUT2D eigenvalue weighted by Gasteiger charge is -2.47. The van der Waals surface area contributed by atoms with Crippen LogP contribution in [0.1, 0.15) is 37.3 Å². The molecule has 1 N–H and O–H groups in total. The van der Waals surface area contributed by atoms with Crippen molar-refractivity contribution in [3.05, 3.63) is 90.0 Å². The molecule has 0 saturated carbocycles. The molecule has 3 aromatic carbocycles. The molecule has 2 aliphatic rings. The number of thioether (sulfide) groups is 2. The van der Waals surface area contributed by atoms with Crippen LogP contribution < -0.4 is 5.32 Å². The second-order valence-corrected chi connectivity index (χ2v) is 11.0. The van der Waals surface area contributed by atoms with Crippen LogP contribution in [0.15, 0.2) is 88.7 Å². The first kappa shape index (κ1) is 18.2. The Balaban J connectivity index is 1.72. The van der Waals surface area contributed by atoms with Gasteiger partial charge in [0, 0.05) is 33.0 Å². The Hall–Kier alpha value is -1.84. The number of rotatable bonds is 3. The summed E-state index contributed by atoms with van der Waals surface area (Å²) in [6.07, 6.45) is 1.16. The van der Waals surface area contributed by atoms with Crippen LogP contribution in [0.5, 0.6) is 0 Å². The predicted molar refractivity (Wildman–Crippen MR) is 122 cm³/mol. The van der Waals surface area contributed by atoms with E-state index in [0.717, 1.165) is 6.42 Å². The fourth-order valence-corrected chi connectivity index (χ4v) is 8.32. The second kappa shape index (κ2) is 7.20. The van der Waals surface area contributed by atoms with Crippen LogP contribution in [0.25, 0.3) is 0 Å². The highest BCUT2D eigenvalue weighted by Gasteiger charge is 2.54. The molecule has 3 aromatic rings. The van der Waals surface area contributed by atoms with Crippen LogP contribution in [0.3, 0.4) is 0 Å². The minimum absolute atomic E-state index is 0.0353. The lowest BCUT2D eigenvalue weighted by Crippen LogP contribution is -2.44. The van der Waals surface area contributed by atoms with Crippen molar-refractivity contribution in [3.8, 4) is 0 Å². The molecular weight excluding hydrogens is 378 g/mol. The van der Waals surface area contributed by atoms with Crippen LogP contribution in [-0.2, 0) is 4.08 Å². The van der Waals surface area contributed by atoms with Gasteiger partial charge in [-0.1, -0.05) is 74.5 Å². The van der Waals surface area contributed by atoms with Crippen LogP contribution in [0.4, 0.5) is 5.69 Å². The highest BCUT2D eigenvalue weighted by atomic mass is 32.2. The molecule has 5 rings (SSSR count). The summed E-state index contributed by atoms with van der Waals surface area (Å²) < 4.78 is -0.0353. The highest BCUT2D eigenvalue weighted by Crippen LogP contribution is 2.70. The van der Waals surface area contributed by atoms with Crippen molar-refractivity contribution in [2.45, 2.75) is 46.1 Å². The molecule has 142 valence electrons. The van der Waals surface area contributed by atoms with E-state index < -0.39 is 0 Å². The van der Waals surface area contributed by atoms with Crippen molar-refractivity contribution in [2.24, 2.45) is 5.92 Å². The zero-order valence-corrected chi connectivity index (χ0v) is 17.9. The molecule has 0 fully saturated rings. The second-order valence-electron chi connectivity index (χ2n) is 8.13. The lowest BCUT2D eigenvalue weighted by atomic mass is 9.78. The van der Waals surface area contributed by atoms with Crippen molar-refractivity contribution in [3.63, 3.8) is 0 Å². The summed E-state index contributed by atoms with van der Waals surface area (Å²) >= 11 is 4.12. The SMILES string of the molecule is CC(C)CC1Nc2ccccc2C2(Sc3ccccc3S2)C1c1ccccc1. The van der Waals surface area contributed by atoms with Crippen LogP contribution in [0.2, 0.25) is 0 Å². The summed E-state index contributed by atoms with van der Waals surface area (Å²) in [4.78, 5) is 2.82. The zero-order chi connectivity index (χ0) is 19.1. The van der Waals surface area contributed by atoms with E-state index in [9.17, 15) is 0 Å². The standard InChI is InChI=1S/C25H25NS2/c1-17(2)16-21-24(18-10-4-3-5-11-18)25(19-12-6-7-13-20(19)26-21)27-22-14-8-9-15-23(22)28-25/h3-15,17,21,24,26H,16H2,1-2H3. The normalized spacial score (nSPS) is 22.0. The van der Waals surface area contributed by atoms with Gasteiger partial charge in [0.05, 0.1) is 0 Å². The van der Waals surface area contributed by atoms with E-state index in [0.29, 0.717) is 17.9 Å². The average Bonchev–Trinajstić information content (AvgIpc) is 3.08. The van der Waals surface area contributed by atoms with Gasteiger partial charge in [0.2, 0.25) is 0 Å². The molecule has 0 bridgehead atoms. The number of para-hydroxylation sites is 1. The fraction of sp³-hybridized carbons (Fsp3) is 0.280. The number of hydrogen-bond donors (Lipinski definition) is 1. The van der Waals surface area contributed by atoms with Gasteiger partial charge in [-0.3, -0.25) is 0 Å². The summed E-state index contributed by atoms with van der Waals surface area (Å²) in [5.74, 6) is 1.04. The molecule has 0 amide bonds. The minimum atomic E-state index is -0.0353. The Morgan fingerprint density at radius 1 is 0.821 bits per heavy atom. The summed E-state index contributed by atoms with van der Waals surface area (Å²) in [5, 5.41) is 3.93. The summed E-state index contributed by atoms with van der Waals surface area (Å²) in [6.45, 7) is 4.67. The molecule has 2 unspecified atom stereocenters. The monoisotopic (exact) mass is 403 g/mol. The topological polar surface area (TPSA) is 12.0 Å². The van der Waals surface area contributed by atoms with E-state index in [1.807, 2.05) is 0 Å². The minimum Gasteiger partial charge on any atom is -0.381 e. The van der Waals surface area contributed by atoms with Gasteiger partial charge < -0.3 is 5.32 Å². The molecule has 1 nitrogen and oxygen atoms in total. The molecule has 28 heavy (non-hydrogen) atoms. The largest absolute Gasteiger partial charge is 0.381 e. The molecule has 0 radical (unpaired) electrons. The van der Waals surface area contributed by atoms with Gasteiger partial charge in [-0.25, -0.2) is 0 Å². The summed E-state index contributed by atoms with van der Waals surface area (Å²) in [6, 6.07) is 29.4. The molecule has 2 atom stereocenters. The maximum atomic E-state index is 3.93. The van der Waals surface area contributed by atoms with E-state index in [4.69, 9.17) is 0 Å². The predicted octanol–water partition coefficient (Wildman–Crippen LogP) is 7.36. The van der Waals surface area contributed by atoms with Gasteiger partial charge in [0.25, 0.3) is 0 Å². The van der Waals surface area contributed by atoms with Crippen LogP contribution >= 0.6 is 23.5 Å². The van der Waals surface area contributed by atoms with E-state index in [1.165, 1.54) is 26.6 Å². The van der Waals surface area contributed by atoms with Gasteiger partial charge in [-0.2, -0.15) is 0 Å². The van der Waals surface area contributed by atoms with Crippen LogP contribution in [0, 0.1) is 5.92 Å². The Morgan fingerprint density at radius 3 is 2.11 bits per heavy atom. The van der Waals surface area contributed by atoms with E-state index >= 15 is 0 Å². The molecule has 2 aliphatic heterocycles. The van der Waals surface area contributed by atoms with Crippen molar-refractivity contribution >= 4 is 29.2 Å². The van der Waals surface area contributed by atoms with Gasteiger partial charge in [-0.15, -0.1) is 23.5 Å². The third-order valence-electron chi connectivity index (χ3n) is 5.71. The van der Waals surface area contributed by atoms with Gasteiger partial charge in [-0.05, 0) is 36.1 Å². The number of anilines is 1.